The van der Waals surface area contributed by atoms with Gasteiger partial charge in [0, 0.05) is 0 Å². The molecule has 0 bridgehead atoms. The molecule has 2 aromatic rings. The van der Waals surface area contributed by atoms with Crippen LogP contribution in [0.15, 0.2) is 36.4 Å². The second-order valence-corrected chi connectivity index (χ2v) is 6.91. The van der Waals surface area contributed by atoms with Crippen LogP contribution in [0.2, 0.25) is 10.0 Å². The first-order valence-electron chi connectivity index (χ1n) is 7.87. The van der Waals surface area contributed by atoms with Crippen LogP contribution in [0, 0.1) is 6.92 Å². The molecule has 0 radical (unpaired) electrons. The lowest BCUT2D eigenvalue weighted by Crippen LogP contribution is -2.19. The molecular formula is C19H12Cl2F6O2. The lowest BCUT2D eigenvalue weighted by atomic mass is 9.95. The van der Waals surface area contributed by atoms with Gasteiger partial charge in [-0.15, -0.1) is 0 Å². The zero-order valence-corrected chi connectivity index (χ0v) is 16.0. The van der Waals surface area contributed by atoms with E-state index in [0.717, 1.165) is 18.2 Å². The fraction of sp³-hybridized carbons (Fsp3) is 0.211. The SMILES string of the molecule is Cc1cc(C(C=Cc2ccc(C(=O)O)c(C(F)(F)F)c2)C(F)(F)F)cc(Cl)c1Cl. The molecule has 2 rings (SSSR count). The normalized spacial score (nSPS) is 13.7. The molecule has 0 saturated carbocycles. The summed E-state index contributed by atoms with van der Waals surface area (Å²) in [5, 5.41) is 8.89. The second-order valence-electron chi connectivity index (χ2n) is 6.12. The van der Waals surface area contributed by atoms with E-state index >= 15 is 0 Å². The van der Waals surface area contributed by atoms with Gasteiger partial charge in [-0.05, 0) is 41.8 Å². The van der Waals surface area contributed by atoms with Crippen molar-refractivity contribution >= 4 is 35.2 Å². The molecule has 29 heavy (non-hydrogen) atoms. The number of alkyl halides is 6. The molecule has 2 nitrogen and oxygen atoms in total. The minimum absolute atomic E-state index is 0.0884. The number of hydrogen-bond acceptors (Lipinski definition) is 1. The molecule has 0 aliphatic heterocycles. The van der Waals surface area contributed by atoms with Gasteiger partial charge in [0.15, 0.2) is 0 Å². The van der Waals surface area contributed by atoms with Crippen LogP contribution in [0.5, 0.6) is 0 Å². The van der Waals surface area contributed by atoms with Crippen molar-refractivity contribution in [2.24, 2.45) is 0 Å². The van der Waals surface area contributed by atoms with Gasteiger partial charge in [0.1, 0.15) is 0 Å². The molecule has 10 heteroatoms. The summed E-state index contributed by atoms with van der Waals surface area (Å²) >= 11 is 11.7. The van der Waals surface area contributed by atoms with Gasteiger partial charge >= 0.3 is 18.3 Å². The number of benzene rings is 2. The zero-order chi connectivity index (χ0) is 22.1. The van der Waals surface area contributed by atoms with Crippen LogP contribution in [0.3, 0.4) is 0 Å². The number of carbonyl (C=O) groups is 1. The van der Waals surface area contributed by atoms with Crippen LogP contribution in [-0.4, -0.2) is 17.3 Å². The third kappa shape index (κ3) is 5.45. The highest BCUT2D eigenvalue weighted by molar-refractivity contribution is 6.42. The maximum Gasteiger partial charge on any atom is 0.417 e. The molecule has 0 aliphatic carbocycles. The number of aryl methyl sites for hydroxylation is 1. The molecule has 1 atom stereocenters. The third-order valence-corrected chi connectivity index (χ3v) is 4.90. The molecule has 2 aromatic carbocycles. The Hall–Kier alpha value is -2.19. The van der Waals surface area contributed by atoms with E-state index in [-0.39, 0.29) is 21.2 Å². The Labute approximate surface area is 171 Å². The summed E-state index contributed by atoms with van der Waals surface area (Å²) in [4.78, 5) is 11.0. The van der Waals surface area contributed by atoms with Crippen molar-refractivity contribution in [2.45, 2.75) is 25.2 Å². The van der Waals surface area contributed by atoms with Crippen molar-refractivity contribution < 1.29 is 36.2 Å². The molecule has 0 fully saturated rings. The first-order chi connectivity index (χ1) is 13.2. The molecule has 0 amide bonds. The van der Waals surface area contributed by atoms with Gasteiger partial charge < -0.3 is 5.11 Å². The lowest BCUT2D eigenvalue weighted by molar-refractivity contribution is -0.139. The third-order valence-electron chi connectivity index (χ3n) is 4.00. The molecule has 1 unspecified atom stereocenters. The minimum Gasteiger partial charge on any atom is -0.478 e. The summed E-state index contributed by atoms with van der Waals surface area (Å²) < 4.78 is 79.8. The number of carboxylic acid groups (broad SMARTS) is 1. The maximum atomic E-state index is 13.5. The van der Waals surface area contributed by atoms with E-state index < -0.39 is 35.4 Å². The highest BCUT2D eigenvalue weighted by Gasteiger charge is 2.39. The summed E-state index contributed by atoms with van der Waals surface area (Å²) in [5.41, 5.74) is -2.63. The molecule has 156 valence electrons. The second kappa shape index (κ2) is 8.28. The summed E-state index contributed by atoms with van der Waals surface area (Å²) in [6, 6.07) is 4.38. The van der Waals surface area contributed by atoms with Gasteiger partial charge in [-0.25, -0.2) is 4.79 Å². The molecule has 0 heterocycles. The van der Waals surface area contributed by atoms with E-state index in [0.29, 0.717) is 23.8 Å². The van der Waals surface area contributed by atoms with Crippen molar-refractivity contribution in [2.75, 3.05) is 0 Å². The number of rotatable bonds is 4. The number of aromatic carboxylic acids is 1. The highest BCUT2D eigenvalue weighted by Crippen LogP contribution is 2.40. The molecule has 0 aromatic heterocycles. The maximum absolute atomic E-state index is 13.5. The van der Waals surface area contributed by atoms with Crippen LogP contribution in [0.4, 0.5) is 26.3 Å². The Kier molecular flexibility index (Phi) is 6.59. The number of halogens is 8. The van der Waals surface area contributed by atoms with Crippen LogP contribution < -0.4 is 0 Å². The summed E-state index contributed by atoms with van der Waals surface area (Å²) in [7, 11) is 0. The van der Waals surface area contributed by atoms with Gasteiger partial charge in [-0.2, -0.15) is 26.3 Å². The summed E-state index contributed by atoms with van der Waals surface area (Å²) in [6.07, 6.45) is -8.22. The van der Waals surface area contributed by atoms with Crippen molar-refractivity contribution in [3.8, 4) is 0 Å². The summed E-state index contributed by atoms with van der Waals surface area (Å²) in [6.45, 7) is 1.47. The van der Waals surface area contributed by atoms with Crippen molar-refractivity contribution in [3.05, 3.63) is 74.3 Å². The number of hydrogen-bond donors (Lipinski definition) is 1. The number of carboxylic acids is 1. The topological polar surface area (TPSA) is 37.3 Å². The van der Waals surface area contributed by atoms with Crippen LogP contribution in [0.1, 0.15) is 38.5 Å². The van der Waals surface area contributed by atoms with Crippen molar-refractivity contribution in [1.29, 1.82) is 0 Å². The Bertz CT molecular complexity index is 941. The van der Waals surface area contributed by atoms with Crippen molar-refractivity contribution in [3.63, 3.8) is 0 Å². The van der Waals surface area contributed by atoms with Crippen molar-refractivity contribution in [1.82, 2.24) is 0 Å². The highest BCUT2D eigenvalue weighted by atomic mass is 35.5. The molecular weight excluding hydrogens is 445 g/mol. The Morgan fingerprint density at radius 3 is 2.17 bits per heavy atom. The minimum atomic E-state index is -4.98. The van der Waals surface area contributed by atoms with Gasteiger partial charge in [-0.1, -0.05) is 47.5 Å². The van der Waals surface area contributed by atoms with Crippen LogP contribution >= 0.6 is 23.2 Å². The van der Waals surface area contributed by atoms with E-state index in [9.17, 15) is 31.1 Å². The molecule has 0 aliphatic rings. The van der Waals surface area contributed by atoms with E-state index in [1.54, 1.807) is 0 Å². The average Bonchev–Trinajstić information content (AvgIpc) is 2.57. The fourth-order valence-electron chi connectivity index (χ4n) is 2.64. The Morgan fingerprint density at radius 2 is 1.69 bits per heavy atom. The quantitative estimate of drug-likeness (QED) is 0.487. The van der Waals surface area contributed by atoms with Crippen LogP contribution in [0.25, 0.3) is 6.08 Å². The monoisotopic (exact) mass is 456 g/mol. The van der Waals surface area contributed by atoms with E-state index in [2.05, 4.69) is 0 Å². The Balaban J connectivity index is 2.52. The lowest BCUT2D eigenvalue weighted by Gasteiger charge is -2.19. The largest absolute Gasteiger partial charge is 0.478 e. The first-order valence-corrected chi connectivity index (χ1v) is 8.62. The van der Waals surface area contributed by atoms with E-state index in [1.807, 2.05) is 0 Å². The predicted molar refractivity (Wildman–Crippen MR) is 97.4 cm³/mol. The molecule has 0 spiro atoms. The average molecular weight is 457 g/mol. The molecule has 0 saturated heterocycles. The Morgan fingerprint density at radius 1 is 1.07 bits per heavy atom. The van der Waals surface area contributed by atoms with Crippen LogP contribution in [-0.2, 0) is 6.18 Å². The summed E-state index contributed by atoms with van der Waals surface area (Å²) in [5.74, 6) is -3.96. The fourth-order valence-corrected chi connectivity index (χ4v) is 3.02. The van der Waals surface area contributed by atoms with Gasteiger partial charge in [0.05, 0.1) is 27.1 Å². The van der Waals surface area contributed by atoms with Gasteiger partial charge in [0.25, 0.3) is 0 Å². The van der Waals surface area contributed by atoms with E-state index in [4.69, 9.17) is 28.3 Å². The standard InChI is InChI=1S/C19H12Cl2F6O2/c1-9-6-11(8-15(20)16(9)21)13(18(22,23)24)5-3-10-2-4-12(17(28)29)14(7-10)19(25,26)27/h2-8,13H,1H3,(H,28,29). The van der Waals surface area contributed by atoms with Gasteiger partial charge in [-0.3, -0.25) is 0 Å². The smallest absolute Gasteiger partial charge is 0.417 e. The first kappa shape index (κ1) is 23.1. The van der Waals surface area contributed by atoms with Gasteiger partial charge in [0.2, 0.25) is 0 Å². The van der Waals surface area contributed by atoms with E-state index in [1.165, 1.54) is 13.0 Å². The molecule has 1 N–H and O–H groups in total. The predicted octanol–water partition coefficient (Wildman–Crippen LogP) is 7.38. The zero-order valence-electron chi connectivity index (χ0n) is 14.5. The number of allylic oxidation sites excluding steroid dienone is 1.